The molecule has 5 fully saturated rings. The Hall–Kier alpha value is -0.580. The first-order valence-electron chi connectivity index (χ1n) is 19.3. The van der Waals surface area contributed by atoms with E-state index in [0.29, 0.717) is 25.7 Å². The van der Waals surface area contributed by atoms with Gasteiger partial charge in [-0.25, -0.2) is 4.79 Å². The normalized spacial score (nSPS) is 46.7. The number of hydrogen-bond acceptors (Lipinski definition) is 11. The number of aliphatic carboxylic acids is 1. The molecule has 295 valence electrons. The summed E-state index contributed by atoms with van der Waals surface area (Å²) in [4.78, 5) is 23.7. The van der Waals surface area contributed by atoms with E-state index in [1.807, 2.05) is 20.8 Å². The number of aliphatic hydroxyl groups is 2. The molecule has 13 nitrogen and oxygen atoms in total. The molecule has 1 amide bonds. The van der Waals surface area contributed by atoms with Crippen LogP contribution in [0, 0.1) is 35.5 Å². The Labute approximate surface area is 332 Å². The SMILES string of the molecule is CCC1(C2OC(C3OC(O)(COC(=O)NC)C(C)CC3C)CC2C)CCC(C2(C)CCC3(CC(O)C(C)C(C(C)C(OC)C(C)C(=O)O)O3)O2)O1.[Na]. The van der Waals surface area contributed by atoms with Gasteiger partial charge in [-0.2, -0.15) is 0 Å². The first-order valence-corrected chi connectivity index (χ1v) is 19.3. The number of carboxylic acids is 1. The Morgan fingerprint density at radius 3 is 2.33 bits per heavy atom. The van der Waals surface area contributed by atoms with Gasteiger partial charge in [0.1, 0.15) is 6.61 Å². The second-order valence-electron chi connectivity index (χ2n) is 17.0. The predicted molar refractivity (Wildman–Crippen MR) is 191 cm³/mol. The summed E-state index contributed by atoms with van der Waals surface area (Å²) in [7, 11) is 2.99. The van der Waals surface area contributed by atoms with Crippen LogP contribution in [0.4, 0.5) is 4.79 Å². The van der Waals surface area contributed by atoms with Crippen molar-refractivity contribution in [2.75, 3.05) is 20.8 Å². The Bertz CT molecular complexity index is 1250. The number of nitrogens with one attached hydrogen (secondary N) is 1. The predicted octanol–water partition coefficient (Wildman–Crippen LogP) is 4.26. The molecule has 1 radical (unpaired) electrons. The van der Waals surface area contributed by atoms with Gasteiger partial charge in [0, 0.05) is 74.3 Å². The van der Waals surface area contributed by atoms with Crippen LogP contribution in [0.1, 0.15) is 107 Å². The molecule has 0 bridgehead atoms. The molecule has 0 aliphatic carbocycles. The Kier molecular flexibility index (Phi) is 14.3. The van der Waals surface area contributed by atoms with Gasteiger partial charge in [0.05, 0.1) is 59.8 Å². The van der Waals surface area contributed by atoms with E-state index < -0.39 is 59.1 Å². The summed E-state index contributed by atoms with van der Waals surface area (Å²) >= 11 is 0. The standard InChI is InChI=1S/C38H65NO12.Na/c1-11-36(32-21(3)17-27(47-32)29-20(2)16-22(4)38(44,50-29)19-46-34(43)39-9)13-12-28(48-36)35(8)14-15-37(51-35)18-26(40)23(5)31(49-37)24(6)30(45-10)25(7)33(41)42;/h20-32,40,44H,11-19H2,1-10H3,(H,39,43)(H,41,42);. The van der Waals surface area contributed by atoms with Crippen molar-refractivity contribution in [1.82, 2.24) is 5.32 Å². The van der Waals surface area contributed by atoms with Crippen LogP contribution in [-0.2, 0) is 38.0 Å². The summed E-state index contributed by atoms with van der Waals surface area (Å²) in [6.07, 6.45) is 1.96. The van der Waals surface area contributed by atoms with Crippen LogP contribution < -0.4 is 5.32 Å². The van der Waals surface area contributed by atoms with Crippen LogP contribution in [0.15, 0.2) is 0 Å². The minimum Gasteiger partial charge on any atom is -0.481 e. The van der Waals surface area contributed by atoms with Crippen molar-refractivity contribution in [1.29, 1.82) is 0 Å². The van der Waals surface area contributed by atoms with Crippen molar-refractivity contribution >= 4 is 41.6 Å². The number of methoxy groups -OCH3 is 1. The van der Waals surface area contributed by atoms with Crippen molar-refractivity contribution in [3.63, 3.8) is 0 Å². The Balaban J connectivity index is 0.00000605. The minimum atomic E-state index is -1.61. The number of aliphatic hydroxyl groups excluding tert-OH is 1. The summed E-state index contributed by atoms with van der Waals surface area (Å²) < 4.78 is 45.0. The van der Waals surface area contributed by atoms with Gasteiger partial charge in [0.15, 0.2) is 5.79 Å². The molecule has 0 aromatic rings. The number of carbonyl (C=O) groups excluding carboxylic acids is 1. The van der Waals surface area contributed by atoms with Crippen LogP contribution in [0.3, 0.4) is 0 Å². The molecule has 5 rings (SSSR count). The third kappa shape index (κ3) is 8.40. The molecule has 17 atom stereocenters. The molecule has 5 aliphatic heterocycles. The second-order valence-corrected chi connectivity index (χ2v) is 17.0. The molecule has 1 spiro atoms. The Morgan fingerprint density at radius 1 is 1.02 bits per heavy atom. The maximum Gasteiger partial charge on any atom is 0.407 e. The largest absolute Gasteiger partial charge is 0.481 e. The second kappa shape index (κ2) is 16.9. The van der Waals surface area contributed by atoms with E-state index in [2.05, 4.69) is 33.0 Å². The fourth-order valence-corrected chi connectivity index (χ4v) is 10.1. The zero-order valence-corrected chi connectivity index (χ0v) is 35.4. The van der Waals surface area contributed by atoms with E-state index in [-0.39, 0.29) is 90.2 Å². The quantitative estimate of drug-likeness (QED) is 0.222. The number of rotatable bonds is 11. The molecular weight excluding hydrogens is 685 g/mol. The molecule has 0 saturated carbocycles. The zero-order chi connectivity index (χ0) is 37.7. The Morgan fingerprint density at radius 2 is 1.71 bits per heavy atom. The van der Waals surface area contributed by atoms with Crippen LogP contribution >= 0.6 is 0 Å². The molecule has 5 aliphatic rings. The number of amides is 1. The van der Waals surface area contributed by atoms with E-state index in [0.717, 1.165) is 25.7 Å². The van der Waals surface area contributed by atoms with Gasteiger partial charge < -0.3 is 53.8 Å². The van der Waals surface area contributed by atoms with E-state index in [1.165, 1.54) is 14.2 Å². The van der Waals surface area contributed by atoms with E-state index in [9.17, 15) is 24.9 Å². The van der Waals surface area contributed by atoms with E-state index in [1.54, 1.807) is 6.92 Å². The van der Waals surface area contributed by atoms with Gasteiger partial charge in [-0.3, -0.25) is 4.79 Å². The summed E-state index contributed by atoms with van der Waals surface area (Å²) in [6, 6.07) is 0. The minimum absolute atomic E-state index is 0. The average Bonchev–Trinajstić information content (AvgIpc) is 3.80. The monoisotopic (exact) mass is 750 g/mol. The van der Waals surface area contributed by atoms with Crippen molar-refractivity contribution in [2.24, 2.45) is 35.5 Å². The molecule has 14 heteroatoms. The van der Waals surface area contributed by atoms with Crippen molar-refractivity contribution in [2.45, 2.75) is 172 Å². The maximum absolute atomic E-state index is 11.9. The van der Waals surface area contributed by atoms with Crippen molar-refractivity contribution < 1.29 is 58.1 Å². The van der Waals surface area contributed by atoms with Crippen molar-refractivity contribution in [3.05, 3.63) is 0 Å². The molecule has 5 saturated heterocycles. The van der Waals surface area contributed by atoms with E-state index in [4.69, 9.17) is 33.2 Å². The number of carboxylic acid groups (broad SMARTS) is 1. The number of carbonyl (C=O) groups is 2. The summed E-state index contributed by atoms with van der Waals surface area (Å²) in [5.74, 6) is -4.79. The topological polar surface area (TPSA) is 171 Å². The molecular formula is C38H65NNaO12. The first kappa shape index (κ1) is 44.1. The average molecular weight is 751 g/mol. The van der Waals surface area contributed by atoms with Gasteiger partial charge in [-0.1, -0.05) is 41.5 Å². The molecule has 52 heavy (non-hydrogen) atoms. The van der Waals surface area contributed by atoms with Gasteiger partial charge in [0.25, 0.3) is 0 Å². The fourth-order valence-electron chi connectivity index (χ4n) is 10.1. The van der Waals surface area contributed by atoms with Crippen LogP contribution in [0.5, 0.6) is 0 Å². The zero-order valence-electron chi connectivity index (χ0n) is 33.4. The third-order valence-corrected chi connectivity index (χ3v) is 13.4. The smallest absolute Gasteiger partial charge is 0.407 e. The molecule has 17 unspecified atom stereocenters. The summed E-state index contributed by atoms with van der Waals surface area (Å²) in [6.45, 7) is 15.7. The maximum atomic E-state index is 11.9. The molecule has 4 N–H and O–H groups in total. The summed E-state index contributed by atoms with van der Waals surface area (Å²) in [5, 5.41) is 34.9. The van der Waals surface area contributed by atoms with Gasteiger partial charge >= 0.3 is 12.1 Å². The number of ether oxygens (including phenoxy) is 7. The van der Waals surface area contributed by atoms with E-state index >= 15 is 0 Å². The molecule has 5 heterocycles. The molecule has 0 aromatic carbocycles. The summed E-state index contributed by atoms with van der Waals surface area (Å²) in [5.41, 5.74) is -1.21. The first-order chi connectivity index (χ1) is 23.9. The van der Waals surface area contributed by atoms with Crippen LogP contribution in [0.25, 0.3) is 0 Å². The molecule has 0 aromatic heterocycles. The fraction of sp³-hybridized carbons (Fsp3) is 0.947. The number of alkyl carbamates (subject to hydrolysis) is 1. The van der Waals surface area contributed by atoms with Crippen LogP contribution in [0.2, 0.25) is 0 Å². The van der Waals surface area contributed by atoms with Crippen LogP contribution in [-0.4, -0.2) is 143 Å². The van der Waals surface area contributed by atoms with Crippen molar-refractivity contribution in [3.8, 4) is 0 Å². The number of hydrogen-bond donors (Lipinski definition) is 4. The van der Waals surface area contributed by atoms with Gasteiger partial charge in [-0.05, 0) is 64.2 Å². The van der Waals surface area contributed by atoms with Gasteiger partial charge in [-0.15, -0.1) is 0 Å². The van der Waals surface area contributed by atoms with Gasteiger partial charge in [0.2, 0.25) is 5.79 Å². The third-order valence-electron chi connectivity index (χ3n) is 13.4.